The van der Waals surface area contributed by atoms with Crippen molar-refractivity contribution in [2.45, 2.75) is 40.5 Å². The van der Waals surface area contributed by atoms with Crippen LogP contribution in [0.4, 0.5) is 0 Å². The largest absolute Gasteiger partial charge is 0.396 e. The highest BCUT2D eigenvalue weighted by molar-refractivity contribution is 4.45. The SMILES string of the molecule is CC(C)CO.CCCC(C)CO. The van der Waals surface area contributed by atoms with Crippen LogP contribution in [0.5, 0.6) is 0 Å². The Kier molecular flexibility index (Phi) is 13.1. The smallest absolute Gasteiger partial charge is 0.0456 e. The second-order valence-electron chi connectivity index (χ2n) is 3.65. The minimum atomic E-state index is 0.306. The Morgan fingerprint density at radius 1 is 1.00 bits per heavy atom. The van der Waals surface area contributed by atoms with E-state index in [2.05, 4.69) is 13.8 Å². The van der Waals surface area contributed by atoms with E-state index in [0.29, 0.717) is 25.0 Å². The summed E-state index contributed by atoms with van der Waals surface area (Å²) in [5.41, 5.74) is 0. The summed E-state index contributed by atoms with van der Waals surface area (Å²) < 4.78 is 0. The molecule has 0 saturated carbocycles. The normalized spacial score (nSPS) is 12.2. The van der Waals surface area contributed by atoms with E-state index in [0.717, 1.165) is 6.42 Å². The molecule has 2 N–H and O–H groups in total. The molecular formula is C10H24O2. The molecule has 2 nitrogen and oxygen atoms in total. The van der Waals surface area contributed by atoms with Crippen LogP contribution in [0.3, 0.4) is 0 Å². The Morgan fingerprint density at radius 3 is 1.50 bits per heavy atom. The number of aliphatic hydroxyl groups excluding tert-OH is 2. The van der Waals surface area contributed by atoms with Gasteiger partial charge in [-0.25, -0.2) is 0 Å². The maximum absolute atomic E-state index is 8.47. The fourth-order valence-electron chi connectivity index (χ4n) is 0.584. The van der Waals surface area contributed by atoms with Crippen molar-refractivity contribution in [2.75, 3.05) is 13.2 Å². The molecule has 0 rings (SSSR count). The first kappa shape index (κ1) is 14.4. The van der Waals surface area contributed by atoms with Crippen molar-refractivity contribution in [3.63, 3.8) is 0 Å². The molecule has 0 aliphatic heterocycles. The van der Waals surface area contributed by atoms with Gasteiger partial charge in [-0.05, 0) is 18.3 Å². The predicted octanol–water partition coefficient (Wildman–Crippen LogP) is 2.05. The molecule has 76 valence electrons. The maximum atomic E-state index is 8.47. The molecule has 1 unspecified atom stereocenters. The third-order valence-corrected chi connectivity index (χ3v) is 1.46. The van der Waals surface area contributed by atoms with Crippen LogP contribution >= 0.6 is 0 Å². The molecular weight excluding hydrogens is 152 g/mol. The third-order valence-electron chi connectivity index (χ3n) is 1.46. The molecule has 0 aromatic carbocycles. The molecule has 0 spiro atoms. The van der Waals surface area contributed by atoms with E-state index in [1.165, 1.54) is 6.42 Å². The van der Waals surface area contributed by atoms with Crippen molar-refractivity contribution in [2.24, 2.45) is 11.8 Å². The molecule has 0 fully saturated rings. The monoisotopic (exact) mass is 176 g/mol. The average Bonchev–Trinajstić information content (AvgIpc) is 2.06. The van der Waals surface area contributed by atoms with Crippen LogP contribution < -0.4 is 0 Å². The van der Waals surface area contributed by atoms with Crippen molar-refractivity contribution in [3.05, 3.63) is 0 Å². The van der Waals surface area contributed by atoms with E-state index < -0.39 is 0 Å². The number of hydrogen-bond donors (Lipinski definition) is 2. The van der Waals surface area contributed by atoms with Crippen LogP contribution in [-0.4, -0.2) is 23.4 Å². The summed E-state index contributed by atoms with van der Waals surface area (Å²) in [7, 11) is 0. The van der Waals surface area contributed by atoms with Crippen LogP contribution in [0, 0.1) is 11.8 Å². The lowest BCUT2D eigenvalue weighted by Gasteiger charge is -2.01. The van der Waals surface area contributed by atoms with Crippen LogP contribution in [0.25, 0.3) is 0 Å². The van der Waals surface area contributed by atoms with Crippen molar-refractivity contribution >= 4 is 0 Å². The Bertz CT molecular complexity index is 72.2. The number of rotatable bonds is 4. The number of aliphatic hydroxyl groups is 2. The van der Waals surface area contributed by atoms with E-state index in [1.54, 1.807) is 0 Å². The van der Waals surface area contributed by atoms with Gasteiger partial charge in [-0.15, -0.1) is 0 Å². The van der Waals surface area contributed by atoms with Gasteiger partial charge < -0.3 is 10.2 Å². The van der Waals surface area contributed by atoms with Crippen molar-refractivity contribution in [1.29, 1.82) is 0 Å². The lowest BCUT2D eigenvalue weighted by molar-refractivity contribution is 0.229. The highest BCUT2D eigenvalue weighted by Crippen LogP contribution is 2.01. The Labute approximate surface area is 76.6 Å². The Hall–Kier alpha value is -0.0800. The fourth-order valence-corrected chi connectivity index (χ4v) is 0.584. The summed E-state index contributed by atoms with van der Waals surface area (Å²) >= 11 is 0. The first-order chi connectivity index (χ1) is 5.58. The zero-order valence-corrected chi connectivity index (χ0v) is 8.88. The van der Waals surface area contributed by atoms with Gasteiger partial charge in [-0.1, -0.05) is 34.1 Å². The zero-order valence-electron chi connectivity index (χ0n) is 8.88. The van der Waals surface area contributed by atoms with Gasteiger partial charge in [0.15, 0.2) is 0 Å². The standard InChI is InChI=1S/C6H14O.C4H10O/c1-3-4-6(2)5-7;1-4(2)3-5/h6-7H,3-5H2,1-2H3;4-5H,3H2,1-2H3. The number of hydrogen-bond acceptors (Lipinski definition) is 2. The minimum Gasteiger partial charge on any atom is -0.396 e. The molecule has 0 aliphatic rings. The van der Waals surface area contributed by atoms with Gasteiger partial charge in [0.1, 0.15) is 0 Å². The first-order valence-electron chi connectivity index (χ1n) is 4.80. The van der Waals surface area contributed by atoms with Gasteiger partial charge in [-0.2, -0.15) is 0 Å². The highest BCUT2D eigenvalue weighted by atomic mass is 16.3. The zero-order chi connectivity index (χ0) is 9.98. The summed E-state index contributed by atoms with van der Waals surface area (Å²) in [4.78, 5) is 0. The maximum Gasteiger partial charge on any atom is 0.0456 e. The van der Waals surface area contributed by atoms with E-state index in [-0.39, 0.29) is 0 Å². The summed E-state index contributed by atoms with van der Waals surface area (Å²) in [5.74, 6) is 0.944. The Balaban J connectivity index is 0. The molecule has 0 amide bonds. The molecule has 0 saturated heterocycles. The molecule has 0 heterocycles. The topological polar surface area (TPSA) is 40.5 Å². The van der Waals surface area contributed by atoms with Gasteiger partial charge in [0.05, 0.1) is 0 Å². The molecule has 0 aromatic rings. The van der Waals surface area contributed by atoms with Gasteiger partial charge >= 0.3 is 0 Å². The van der Waals surface area contributed by atoms with Gasteiger partial charge in [0.25, 0.3) is 0 Å². The second-order valence-corrected chi connectivity index (χ2v) is 3.65. The van der Waals surface area contributed by atoms with E-state index in [1.807, 2.05) is 13.8 Å². The molecule has 2 heteroatoms. The second kappa shape index (κ2) is 10.9. The summed E-state index contributed by atoms with van der Waals surface area (Å²) in [6.07, 6.45) is 2.33. The molecule has 0 aromatic heterocycles. The van der Waals surface area contributed by atoms with Gasteiger partial charge in [0, 0.05) is 13.2 Å². The molecule has 0 radical (unpaired) electrons. The summed E-state index contributed by atoms with van der Waals surface area (Å²) in [5, 5.41) is 16.6. The lowest BCUT2D eigenvalue weighted by Crippen LogP contribution is -1.98. The summed E-state index contributed by atoms with van der Waals surface area (Å²) in [6.45, 7) is 8.78. The molecule has 0 aliphatic carbocycles. The van der Waals surface area contributed by atoms with Crippen molar-refractivity contribution in [3.8, 4) is 0 Å². The molecule has 12 heavy (non-hydrogen) atoms. The van der Waals surface area contributed by atoms with Crippen LogP contribution in [0.2, 0.25) is 0 Å². The molecule has 1 atom stereocenters. The van der Waals surface area contributed by atoms with Crippen LogP contribution in [0.1, 0.15) is 40.5 Å². The van der Waals surface area contributed by atoms with E-state index in [4.69, 9.17) is 10.2 Å². The predicted molar refractivity (Wildman–Crippen MR) is 53.1 cm³/mol. The van der Waals surface area contributed by atoms with Crippen LogP contribution in [0.15, 0.2) is 0 Å². The summed E-state index contributed by atoms with van der Waals surface area (Å²) in [6, 6.07) is 0. The quantitative estimate of drug-likeness (QED) is 0.688. The van der Waals surface area contributed by atoms with Gasteiger partial charge in [-0.3, -0.25) is 0 Å². The highest BCUT2D eigenvalue weighted by Gasteiger charge is 1.94. The first-order valence-corrected chi connectivity index (χ1v) is 4.80. The van der Waals surface area contributed by atoms with Crippen molar-refractivity contribution < 1.29 is 10.2 Å². The lowest BCUT2D eigenvalue weighted by atomic mass is 10.1. The minimum absolute atomic E-state index is 0.306. The fraction of sp³-hybridized carbons (Fsp3) is 1.00. The Morgan fingerprint density at radius 2 is 1.42 bits per heavy atom. The van der Waals surface area contributed by atoms with Gasteiger partial charge in [0.2, 0.25) is 0 Å². The van der Waals surface area contributed by atoms with Crippen LogP contribution in [-0.2, 0) is 0 Å². The third kappa shape index (κ3) is 16.5. The van der Waals surface area contributed by atoms with E-state index >= 15 is 0 Å². The average molecular weight is 176 g/mol. The molecule has 0 bridgehead atoms. The van der Waals surface area contributed by atoms with E-state index in [9.17, 15) is 0 Å². The van der Waals surface area contributed by atoms with Crippen molar-refractivity contribution in [1.82, 2.24) is 0 Å².